The Morgan fingerprint density at radius 2 is 1.81 bits per heavy atom. The number of hydrogen-bond donors (Lipinski definition) is 2. The Morgan fingerprint density at radius 1 is 1.14 bits per heavy atom. The SMILES string of the molecule is CCS(=O)(=O)c1ccccc1NC(=O)CCCCCCN. The van der Waals surface area contributed by atoms with E-state index in [9.17, 15) is 13.2 Å². The van der Waals surface area contributed by atoms with Crippen LogP contribution in [-0.2, 0) is 14.6 Å². The monoisotopic (exact) mass is 312 g/mol. The van der Waals surface area contributed by atoms with Gasteiger partial charge in [-0.25, -0.2) is 8.42 Å². The zero-order chi connectivity index (χ0) is 15.7. The topological polar surface area (TPSA) is 89.3 Å². The van der Waals surface area contributed by atoms with Gasteiger partial charge in [0.1, 0.15) is 0 Å². The Labute approximate surface area is 126 Å². The van der Waals surface area contributed by atoms with Crippen molar-refractivity contribution < 1.29 is 13.2 Å². The highest BCUT2D eigenvalue weighted by Crippen LogP contribution is 2.22. The van der Waals surface area contributed by atoms with Crippen LogP contribution in [0.4, 0.5) is 5.69 Å². The molecule has 0 saturated carbocycles. The molecule has 0 spiro atoms. The van der Waals surface area contributed by atoms with Gasteiger partial charge in [-0.3, -0.25) is 4.79 Å². The normalized spacial score (nSPS) is 11.3. The zero-order valence-corrected chi connectivity index (χ0v) is 13.3. The van der Waals surface area contributed by atoms with Gasteiger partial charge in [0.05, 0.1) is 16.3 Å². The number of rotatable bonds is 9. The van der Waals surface area contributed by atoms with Gasteiger partial charge in [-0.2, -0.15) is 0 Å². The number of carbonyl (C=O) groups is 1. The van der Waals surface area contributed by atoms with Crippen LogP contribution in [0.15, 0.2) is 29.2 Å². The standard InChI is InChI=1S/C15H24N2O3S/c1-2-21(19,20)14-10-7-6-9-13(14)17-15(18)11-5-3-4-8-12-16/h6-7,9-10H,2-5,8,11-12,16H2,1H3,(H,17,18). The fraction of sp³-hybridized carbons (Fsp3) is 0.533. The van der Waals surface area contributed by atoms with Gasteiger partial charge in [0, 0.05) is 6.42 Å². The molecule has 3 N–H and O–H groups in total. The molecule has 0 atom stereocenters. The fourth-order valence-electron chi connectivity index (χ4n) is 1.99. The first kappa shape index (κ1) is 17.7. The number of amides is 1. The molecule has 6 heteroatoms. The van der Waals surface area contributed by atoms with Gasteiger partial charge in [-0.15, -0.1) is 0 Å². The molecule has 21 heavy (non-hydrogen) atoms. The van der Waals surface area contributed by atoms with Crippen LogP contribution in [0.1, 0.15) is 39.0 Å². The molecule has 0 fully saturated rings. The maximum absolute atomic E-state index is 12.0. The Balaban J connectivity index is 2.61. The minimum atomic E-state index is -3.34. The second kappa shape index (κ2) is 8.79. The molecule has 1 rings (SSSR count). The number of para-hydroxylation sites is 1. The summed E-state index contributed by atoms with van der Waals surface area (Å²) in [6.45, 7) is 2.26. The summed E-state index contributed by atoms with van der Waals surface area (Å²) < 4.78 is 23.9. The van der Waals surface area contributed by atoms with Crippen molar-refractivity contribution in [2.24, 2.45) is 5.73 Å². The van der Waals surface area contributed by atoms with Crippen molar-refractivity contribution in [2.45, 2.75) is 43.9 Å². The molecule has 0 aromatic heterocycles. The lowest BCUT2D eigenvalue weighted by Crippen LogP contribution is -2.15. The Kier molecular flexibility index (Phi) is 7.39. The summed E-state index contributed by atoms with van der Waals surface area (Å²) in [4.78, 5) is 12.1. The first-order chi connectivity index (χ1) is 10.0. The van der Waals surface area contributed by atoms with E-state index in [1.165, 1.54) is 6.07 Å². The van der Waals surface area contributed by atoms with E-state index >= 15 is 0 Å². The van der Waals surface area contributed by atoms with Crippen LogP contribution in [-0.4, -0.2) is 26.6 Å². The van der Waals surface area contributed by atoms with Crippen LogP contribution < -0.4 is 11.1 Å². The molecule has 0 heterocycles. The molecule has 0 aliphatic carbocycles. The average molecular weight is 312 g/mol. The smallest absolute Gasteiger partial charge is 0.224 e. The number of anilines is 1. The number of hydrogen-bond acceptors (Lipinski definition) is 4. The molecule has 5 nitrogen and oxygen atoms in total. The van der Waals surface area contributed by atoms with E-state index in [2.05, 4.69) is 5.32 Å². The van der Waals surface area contributed by atoms with Crippen molar-refractivity contribution in [2.75, 3.05) is 17.6 Å². The van der Waals surface area contributed by atoms with Gasteiger partial charge >= 0.3 is 0 Å². The number of nitrogens with one attached hydrogen (secondary N) is 1. The summed E-state index contributed by atoms with van der Waals surface area (Å²) in [6.07, 6.45) is 4.13. The highest BCUT2D eigenvalue weighted by atomic mass is 32.2. The molecular formula is C15H24N2O3S. The Morgan fingerprint density at radius 3 is 2.48 bits per heavy atom. The Bertz CT molecular complexity index is 556. The maximum Gasteiger partial charge on any atom is 0.224 e. The van der Waals surface area contributed by atoms with Crippen molar-refractivity contribution in [3.63, 3.8) is 0 Å². The predicted molar refractivity (Wildman–Crippen MR) is 84.9 cm³/mol. The van der Waals surface area contributed by atoms with Gasteiger partial charge in [0.25, 0.3) is 0 Å². The van der Waals surface area contributed by atoms with Crippen LogP contribution in [0.5, 0.6) is 0 Å². The van der Waals surface area contributed by atoms with E-state index in [0.29, 0.717) is 18.7 Å². The van der Waals surface area contributed by atoms with Gasteiger partial charge in [-0.1, -0.05) is 31.9 Å². The van der Waals surface area contributed by atoms with E-state index < -0.39 is 9.84 Å². The van der Waals surface area contributed by atoms with Crippen LogP contribution in [0.3, 0.4) is 0 Å². The molecule has 0 aliphatic heterocycles. The van der Waals surface area contributed by atoms with Crippen molar-refractivity contribution in [3.05, 3.63) is 24.3 Å². The molecule has 118 valence electrons. The van der Waals surface area contributed by atoms with Gasteiger partial charge in [-0.05, 0) is 31.5 Å². The van der Waals surface area contributed by atoms with Crippen LogP contribution in [0.2, 0.25) is 0 Å². The lowest BCUT2D eigenvalue weighted by molar-refractivity contribution is -0.116. The van der Waals surface area contributed by atoms with E-state index in [1.807, 2.05) is 0 Å². The first-order valence-corrected chi connectivity index (χ1v) is 8.98. The Hall–Kier alpha value is -1.40. The van der Waals surface area contributed by atoms with Crippen molar-refractivity contribution >= 4 is 21.4 Å². The third kappa shape index (κ3) is 5.85. The second-order valence-electron chi connectivity index (χ2n) is 4.90. The van der Waals surface area contributed by atoms with E-state index in [-0.39, 0.29) is 16.6 Å². The molecule has 0 radical (unpaired) electrons. The number of benzene rings is 1. The van der Waals surface area contributed by atoms with Gasteiger partial charge in [0.2, 0.25) is 5.91 Å². The fourth-order valence-corrected chi connectivity index (χ4v) is 3.04. The third-order valence-corrected chi connectivity index (χ3v) is 5.02. The number of sulfone groups is 1. The lowest BCUT2D eigenvalue weighted by Gasteiger charge is -2.10. The number of nitrogens with two attached hydrogens (primary N) is 1. The number of unbranched alkanes of at least 4 members (excludes halogenated alkanes) is 3. The quantitative estimate of drug-likeness (QED) is 0.685. The summed E-state index contributed by atoms with van der Waals surface area (Å²) in [5, 5.41) is 2.70. The third-order valence-electron chi connectivity index (χ3n) is 3.23. The van der Waals surface area contributed by atoms with Crippen molar-refractivity contribution in [1.82, 2.24) is 0 Å². The highest BCUT2D eigenvalue weighted by molar-refractivity contribution is 7.91. The summed E-state index contributed by atoms with van der Waals surface area (Å²) in [6, 6.07) is 6.52. The van der Waals surface area contributed by atoms with Crippen LogP contribution in [0, 0.1) is 0 Å². The molecule has 1 aromatic rings. The summed E-state index contributed by atoms with van der Waals surface area (Å²) in [7, 11) is -3.34. The highest BCUT2D eigenvalue weighted by Gasteiger charge is 2.17. The number of carbonyl (C=O) groups excluding carboxylic acids is 1. The summed E-state index contributed by atoms with van der Waals surface area (Å²) in [5.41, 5.74) is 5.77. The molecule has 0 bridgehead atoms. The second-order valence-corrected chi connectivity index (χ2v) is 7.15. The zero-order valence-electron chi connectivity index (χ0n) is 12.5. The summed E-state index contributed by atoms with van der Waals surface area (Å²) >= 11 is 0. The molecule has 0 saturated heterocycles. The lowest BCUT2D eigenvalue weighted by atomic mass is 10.1. The van der Waals surface area contributed by atoms with Crippen LogP contribution in [0.25, 0.3) is 0 Å². The minimum Gasteiger partial charge on any atom is -0.330 e. The van der Waals surface area contributed by atoms with Crippen LogP contribution >= 0.6 is 0 Å². The predicted octanol–water partition coefficient (Wildman–Crippen LogP) is 2.33. The summed E-state index contributed by atoms with van der Waals surface area (Å²) in [5.74, 6) is -0.139. The largest absolute Gasteiger partial charge is 0.330 e. The molecule has 1 aromatic carbocycles. The molecular weight excluding hydrogens is 288 g/mol. The first-order valence-electron chi connectivity index (χ1n) is 7.33. The van der Waals surface area contributed by atoms with Gasteiger partial charge in [0.15, 0.2) is 9.84 Å². The molecule has 1 amide bonds. The molecule has 0 unspecified atom stereocenters. The van der Waals surface area contributed by atoms with Crippen molar-refractivity contribution in [1.29, 1.82) is 0 Å². The maximum atomic E-state index is 12.0. The van der Waals surface area contributed by atoms with E-state index in [0.717, 1.165) is 25.7 Å². The van der Waals surface area contributed by atoms with Gasteiger partial charge < -0.3 is 11.1 Å². The average Bonchev–Trinajstić information content (AvgIpc) is 2.47. The minimum absolute atomic E-state index is 0.0129. The van der Waals surface area contributed by atoms with E-state index in [4.69, 9.17) is 5.73 Å². The van der Waals surface area contributed by atoms with Crippen molar-refractivity contribution in [3.8, 4) is 0 Å². The molecule has 0 aliphatic rings. The van der Waals surface area contributed by atoms with E-state index in [1.54, 1.807) is 25.1 Å².